The van der Waals surface area contributed by atoms with Crippen LogP contribution in [-0.4, -0.2) is 37.6 Å². The fourth-order valence-electron chi connectivity index (χ4n) is 3.13. The summed E-state index contributed by atoms with van der Waals surface area (Å²) in [7, 11) is -3.88. The number of nitrogens with one attached hydrogen (secondary N) is 1. The van der Waals surface area contributed by atoms with Crippen LogP contribution < -0.4 is 10.5 Å². The van der Waals surface area contributed by atoms with Gasteiger partial charge in [-0.05, 0) is 37.1 Å². The Bertz CT molecular complexity index is 1080. The zero-order chi connectivity index (χ0) is 20.7. The number of urea groups is 1. The summed E-state index contributed by atoms with van der Waals surface area (Å²) in [5.41, 5.74) is 0.152. The lowest BCUT2D eigenvalue weighted by Crippen LogP contribution is -2.41. The van der Waals surface area contributed by atoms with Gasteiger partial charge in [-0.2, -0.15) is 0 Å². The third kappa shape index (κ3) is 3.41. The molecule has 0 radical (unpaired) electrons. The van der Waals surface area contributed by atoms with E-state index in [0.29, 0.717) is 11.1 Å². The van der Waals surface area contributed by atoms with Gasteiger partial charge in [0.15, 0.2) is 5.78 Å². The van der Waals surface area contributed by atoms with Crippen molar-refractivity contribution >= 4 is 27.7 Å². The SMILES string of the molecule is Cc1ccccc1C(=O)CN1C(=O)NC(C)(c2ccc(S(N)(=O)=O)cc2)C1=O. The van der Waals surface area contributed by atoms with Crippen molar-refractivity contribution in [2.24, 2.45) is 5.14 Å². The summed E-state index contributed by atoms with van der Waals surface area (Å²) in [5, 5.41) is 7.66. The van der Waals surface area contributed by atoms with Gasteiger partial charge in [-0.3, -0.25) is 14.5 Å². The Labute approximate surface area is 162 Å². The number of sulfonamides is 1. The molecule has 0 aromatic heterocycles. The van der Waals surface area contributed by atoms with Crippen LogP contribution in [-0.2, 0) is 20.4 Å². The minimum atomic E-state index is -3.88. The first-order valence-corrected chi connectivity index (χ1v) is 9.95. The number of carbonyl (C=O) groups is 3. The van der Waals surface area contributed by atoms with E-state index in [0.717, 1.165) is 10.5 Å². The van der Waals surface area contributed by atoms with Gasteiger partial charge < -0.3 is 5.32 Å². The van der Waals surface area contributed by atoms with Crippen molar-refractivity contribution in [3.8, 4) is 0 Å². The van der Waals surface area contributed by atoms with Gasteiger partial charge in [0.25, 0.3) is 5.91 Å². The van der Waals surface area contributed by atoms with Gasteiger partial charge in [0.05, 0.1) is 11.4 Å². The Balaban J connectivity index is 1.86. The molecule has 28 heavy (non-hydrogen) atoms. The highest BCUT2D eigenvalue weighted by Gasteiger charge is 2.49. The second-order valence-electron chi connectivity index (χ2n) is 6.75. The van der Waals surface area contributed by atoms with Crippen LogP contribution in [0.15, 0.2) is 53.4 Å². The smallest absolute Gasteiger partial charge is 0.319 e. The second-order valence-corrected chi connectivity index (χ2v) is 8.32. The number of nitrogens with zero attached hydrogens (tertiary/aromatic N) is 1. The molecule has 3 amide bonds. The average molecular weight is 401 g/mol. The molecular formula is C19H19N3O5S. The third-order valence-corrected chi connectivity index (χ3v) is 5.71. The molecule has 3 rings (SSSR count). The van der Waals surface area contributed by atoms with Crippen molar-refractivity contribution in [2.45, 2.75) is 24.3 Å². The van der Waals surface area contributed by atoms with Gasteiger partial charge in [0, 0.05) is 5.56 Å². The van der Waals surface area contributed by atoms with E-state index in [1.54, 1.807) is 31.2 Å². The fourth-order valence-corrected chi connectivity index (χ4v) is 3.64. The molecule has 9 heteroatoms. The van der Waals surface area contributed by atoms with Crippen LogP contribution in [0.5, 0.6) is 0 Å². The molecule has 146 valence electrons. The molecule has 1 unspecified atom stereocenters. The van der Waals surface area contributed by atoms with E-state index < -0.39 is 27.5 Å². The Hall–Kier alpha value is -3.04. The normalized spacial score (nSPS) is 19.6. The maximum atomic E-state index is 12.9. The monoisotopic (exact) mass is 401 g/mol. The third-order valence-electron chi connectivity index (χ3n) is 4.78. The van der Waals surface area contributed by atoms with E-state index in [-0.39, 0.29) is 17.2 Å². The minimum absolute atomic E-state index is 0.108. The molecule has 1 fully saturated rings. The summed E-state index contributed by atoms with van der Waals surface area (Å²) < 4.78 is 22.8. The van der Waals surface area contributed by atoms with Crippen molar-refractivity contribution in [1.82, 2.24) is 10.2 Å². The molecule has 1 atom stereocenters. The van der Waals surface area contributed by atoms with E-state index in [2.05, 4.69) is 5.32 Å². The van der Waals surface area contributed by atoms with Crippen molar-refractivity contribution in [3.63, 3.8) is 0 Å². The van der Waals surface area contributed by atoms with Crippen molar-refractivity contribution in [3.05, 3.63) is 65.2 Å². The maximum Gasteiger partial charge on any atom is 0.325 e. The summed E-state index contributed by atoms with van der Waals surface area (Å²) in [4.78, 5) is 38.6. The van der Waals surface area contributed by atoms with Crippen LogP contribution in [0.4, 0.5) is 4.79 Å². The number of benzene rings is 2. The molecular weight excluding hydrogens is 382 g/mol. The Morgan fingerprint density at radius 3 is 2.29 bits per heavy atom. The largest absolute Gasteiger partial charge is 0.325 e. The molecule has 8 nitrogen and oxygen atoms in total. The molecule has 0 saturated carbocycles. The first-order valence-electron chi connectivity index (χ1n) is 8.40. The van der Waals surface area contributed by atoms with E-state index >= 15 is 0 Å². The van der Waals surface area contributed by atoms with Crippen molar-refractivity contribution in [1.29, 1.82) is 0 Å². The number of primary sulfonamides is 1. The van der Waals surface area contributed by atoms with Crippen LogP contribution in [0.25, 0.3) is 0 Å². The molecule has 1 saturated heterocycles. The van der Waals surface area contributed by atoms with Gasteiger partial charge in [-0.15, -0.1) is 0 Å². The number of ketones is 1. The van der Waals surface area contributed by atoms with Crippen molar-refractivity contribution < 1.29 is 22.8 Å². The highest BCUT2D eigenvalue weighted by atomic mass is 32.2. The lowest BCUT2D eigenvalue weighted by molar-refractivity contribution is -0.130. The van der Waals surface area contributed by atoms with Gasteiger partial charge in [-0.25, -0.2) is 18.4 Å². The second kappa shape index (κ2) is 6.84. The standard InChI is InChI=1S/C19H19N3O5S/c1-12-5-3-4-6-15(12)16(23)11-22-17(24)19(2,21-18(22)25)13-7-9-14(10-8-13)28(20,26)27/h3-10H,11H2,1-2H3,(H,21,25)(H2,20,26,27). The number of hydrogen-bond donors (Lipinski definition) is 2. The lowest BCUT2D eigenvalue weighted by Gasteiger charge is -2.22. The lowest BCUT2D eigenvalue weighted by atomic mass is 9.92. The molecule has 0 spiro atoms. The Morgan fingerprint density at radius 2 is 1.71 bits per heavy atom. The first-order chi connectivity index (χ1) is 13.0. The van der Waals surface area contributed by atoms with Crippen LogP contribution in [0, 0.1) is 6.92 Å². The zero-order valence-electron chi connectivity index (χ0n) is 15.3. The van der Waals surface area contributed by atoms with Gasteiger partial charge in [-0.1, -0.05) is 36.4 Å². The summed E-state index contributed by atoms with van der Waals surface area (Å²) in [6.45, 7) is 2.88. The number of Topliss-reactive ketones (excluding diaryl/α,β-unsaturated/α-hetero) is 1. The molecule has 2 aromatic carbocycles. The Kier molecular flexibility index (Phi) is 4.82. The van der Waals surface area contributed by atoms with Gasteiger partial charge in [0.1, 0.15) is 5.54 Å². The topological polar surface area (TPSA) is 127 Å². The van der Waals surface area contributed by atoms with E-state index in [1.165, 1.54) is 31.2 Å². The minimum Gasteiger partial charge on any atom is -0.319 e. The molecule has 1 aliphatic rings. The van der Waals surface area contributed by atoms with E-state index in [9.17, 15) is 22.8 Å². The fraction of sp³-hybridized carbons (Fsp3) is 0.211. The van der Waals surface area contributed by atoms with Crippen LogP contribution >= 0.6 is 0 Å². The zero-order valence-corrected chi connectivity index (χ0v) is 16.1. The van der Waals surface area contributed by atoms with E-state index in [4.69, 9.17) is 5.14 Å². The number of amides is 3. The number of rotatable bonds is 5. The van der Waals surface area contributed by atoms with Crippen LogP contribution in [0.3, 0.4) is 0 Å². The molecule has 0 bridgehead atoms. The van der Waals surface area contributed by atoms with Crippen LogP contribution in [0.2, 0.25) is 0 Å². The van der Waals surface area contributed by atoms with E-state index in [1.807, 2.05) is 0 Å². The Morgan fingerprint density at radius 1 is 1.11 bits per heavy atom. The number of aryl methyl sites for hydroxylation is 1. The summed E-state index contributed by atoms with van der Waals surface area (Å²) in [6, 6.07) is 11.6. The van der Waals surface area contributed by atoms with Crippen molar-refractivity contribution in [2.75, 3.05) is 6.54 Å². The average Bonchev–Trinajstić information content (AvgIpc) is 2.85. The first kappa shape index (κ1) is 19.7. The highest BCUT2D eigenvalue weighted by molar-refractivity contribution is 7.89. The summed E-state index contributed by atoms with van der Waals surface area (Å²) in [6.07, 6.45) is 0. The summed E-state index contributed by atoms with van der Waals surface area (Å²) >= 11 is 0. The highest BCUT2D eigenvalue weighted by Crippen LogP contribution is 2.29. The van der Waals surface area contributed by atoms with Crippen LogP contribution in [0.1, 0.15) is 28.4 Å². The summed E-state index contributed by atoms with van der Waals surface area (Å²) in [5.74, 6) is -0.946. The molecule has 0 aliphatic carbocycles. The van der Waals surface area contributed by atoms with Gasteiger partial charge >= 0.3 is 6.03 Å². The molecule has 1 aliphatic heterocycles. The van der Waals surface area contributed by atoms with Gasteiger partial charge in [0.2, 0.25) is 10.0 Å². The predicted octanol–water partition coefficient (Wildman–Crippen LogP) is 1.29. The quantitative estimate of drug-likeness (QED) is 0.577. The predicted molar refractivity (Wildman–Crippen MR) is 101 cm³/mol. The number of nitrogens with two attached hydrogens (primary N) is 1. The number of hydrogen-bond acceptors (Lipinski definition) is 5. The molecule has 2 aromatic rings. The maximum absolute atomic E-state index is 12.9. The molecule has 3 N–H and O–H groups in total. The number of carbonyl (C=O) groups excluding carboxylic acids is 3. The molecule has 1 heterocycles. The number of imide groups is 1.